The summed E-state index contributed by atoms with van der Waals surface area (Å²) in [6.45, 7) is 1.68. The molecule has 1 fully saturated rings. The molecule has 0 saturated carbocycles. The number of piperidine rings is 1. The summed E-state index contributed by atoms with van der Waals surface area (Å²) in [5, 5.41) is 24.1. The third kappa shape index (κ3) is 3.25. The van der Waals surface area contributed by atoms with Gasteiger partial charge in [-0.05, 0) is 30.9 Å². The van der Waals surface area contributed by atoms with Crippen LogP contribution in [0.2, 0.25) is 0 Å². The number of aromatic nitrogens is 6. The van der Waals surface area contributed by atoms with Crippen LogP contribution in [0.25, 0.3) is 17.0 Å². The molecule has 1 aliphatic rings. The van der Waals surface area contributed by atoms with Crippen LogP contribution in [-0.4, -0.2) is 47.6 Å². The highest BCUT2D eigenvalue weighted by Gasteiger charge is 2.29. The van der Waals surface area contributed by atoms with Crippen molar-refractivity contribution >= 4 is 11.5 Å². The Balaban J connectivity index is 1.35. The normalized spacial score (nSPS) is 16.4. The van der Waals surface area contributed by atoms with E-state index in [-0.39, 0.29) is 5.92 Å². The van der Waals surface area contributed by atoms with Crippen LogP contribution in [0.3, 0.4) is 0 Å². The van der Waals surface area contributed by atoms with Crippen molar-refractivity contribution in [1.29, 1.82) is 0 Å². The highest BCUT2D eigenvalue weighted by atomic mass is 16.3. The zero-order chi connectivity index (χ0) is 19.8. The van der Waals surface area contributed by atoms with Crippen LogP contribution in [0.1, 0.15) is 24.8 Å². The van der Waals surface area contributed by atoms with Crippen LogP contribution in [-0.2, 0) is 7.05 Å². The molecule has 148 valence electrons. The molecule has 1 saturated heterocycles. The molecule has 8 heteroatoms. The Hall–Kier alpha value is -3.26. The number of nitrogens with zero attached hydrogens (tertiary/aromatic N) is 7. The minimum absolute atomic E-state index is 0.200. The summed E-state index contributed by atoms with van der Waals surface area (Å²) < 4.78 is 3.70. The smallest absolute Gasteiger partial charge is 0.185 e. The average Bonchev–Trinajstić information content (AvgIpc) is 3.39. The van der Waals surface area contributed by atoms with Gasteiger partial charge in [-0.2, -0.15) is 4.52 Å². The van der Waals surface area contributed by atoms with E-state index < -0.39 is 6.10 Å². The van der Waals surface area contributed by atoms with Gasteiger partial charge in [0.1, 0.15) is 17.7 Å². The number of fused-ring (bicyclic) bond motifs is 1. The van der Waals surface area contributed by atoms with E-state index in [1.807, 2.05) is 60.3 Å². The number of imidazole rings is 1. The fourth-order valence-electron chi connectivity index (χ4n) is 4.03. The van der Waals surface area contributed by atoms with Gasteiger partial charge in [0.15, 0.2) is 11.5 Å². The molecule has 1 unspecified atom stereocenters. The SMILES string of the molecule is Cn1ccnc1C(O)C1CCN(c2ccc3nnc(-c4ccccc4)n3n2)CC1. The Morgan fingerprint density at radius 3 is 2.55 bits per heavy atom. The topological polar surface area (TPSA) is 84.4 Å². The summed E-state index contributed by atoms with van der Waals surface area (Å²) in [6.07, 6.45) is 4.85. The zero-order valence-electron chi connectivity index (χ0n) is 16.3. The summed E-state index contributed by atoms with van der Waals surface area (Å²) in [4.78, 5) is 6.56. The predicted octanol–water partition coefficient (Wildman–Crippen LogP) is 2.47. The van der Waals surface area contributed by atoms with E-state index in [9.17, 15) is 5.11 Å². The first-order valence-corrected chi connectivity index (χ1v) is 9.89. The van der Waals surface area contributed by atoms with Gasteiger partial charge in [0, 0.05) is 38.1 Å². The second kappa shape index (κ2) is 7.29. The van der Waals surface area contributed by atoms with Crippen LogP contribution in [0.5, 0.6) is 0 Å². The quantitative estimate of drug-likeness (QED) is 0.577. The van der Waals surface area contributed by atoms with Gasteiger partial charge in [-0.1, -0.05) is 30.3 Å². The van der Waals surface area contributed by atoms with Crippen molar-refractivity contribution in [3.63, 3.8) is 0 Å². The van der Waals surface area contributed by atoms with Crippen LogP contribution >= 0.6 is 0 Å². The Morgan fingerprint density at radius 1 is 1.03 bits per heavy atom. The Labute approximate surface area is 168 Å². The number of anilines is 1. The lowest BCUT2D eigenvalue weighted by Gasteiger charge is -2.34. The van der Waals surface area contributed by atoms with Crippen LogP contribution in [0, 0.1) is 5.92 Å². The first-order chi connectivity index (χ1) is 14.2. The van der Waals surface area contributed by atoms with Crippen molar-refractivity contribution in [2.24, 2.45) is 13.0 Å². The maximum Gasteiger partial charge on any atom is 0.185 e. The minimum atomic E-state index is -0.532. The molecule has 3 aromatic heterocycles. The molecule has 0 aliphatic carbocycles. The number of benzene rings is 1. The first-order valence-electron chi connectivity index (χ1n) is 9.89. The summed E-state index contributed by atoms with van der Waals surface area (Å²) in [5.74, 6) is 2.58. The van der Waals surface area contributed by atoms with Crippen molar-refractivity contribution in [3.8, 4) is 11.4 Å². The second-order valence-electron chi connectivity index (χ2n) is 7.52. The van der Waals surface area contributed by atoms with E-state index >= 15 is 0 Å². The van der Waals surface area contributed by atoms with E-state index in [2.05, 4.69) is 20.1 Å². The summed E-state index contributed by atoms with van der Waals surface area (Å²) in [6, 6.07) is 13.9. The molecule has 4 heterocycles. The van der Waals surface area contributed by atoms with E-state index in [4.69, 9.17) is 5.10 Å². The Bertz CT molecular complexity index is 1110. The van der Waals surface area contributed by atoms with Gasteiger partial charge < -0.3 is 14.6 Å². The fraction of sp³-hybridized carbons (Fsp3) is 0.333. The van der Waals surface area contributed by atoms with E-state index in [0.29, 0.717) is 0 Å². The van der Waals surface area contributed by atoms with Gasteiger partial charge >= 0.3 is 0 Å². The Kier molecular flexibility index (Phi) is 4.48. The predicted molar refractivity (Wildman–Crippen MR) is 109 cm³/mol. The molecule has 0 spiro atoms. The third-order valence-corrected chi connectivity index (χ3v) is 5.71. The van der Waals surface area contributed by atoms with E-state index in [1.165, 1.54) is 0 Å². The number of aliphatic hydroxyl groups excluding tert-OH is 1. The second-order valence-corrected chi connectivity index (χ2v) is 7.52. The molecule has 1 aromatic carbocycles. The van der Waals surface area contributed by atoms with Gasteiger partial charge in [-0.15, -0.1) is 15.3 Å². The molecule has 0 bridgehead atoms. The van der Waals surface area contributed by atoms with Crippen molar-refractivity contribution in [1.82, 2.24) is 29.4 Å². The lowest BCUT2D eigenvalue weighted by atomic mass is 9.90. The number of hydrogen-bond acceptors (Lipinski definition) is 6. The average molecular weight is 389 g/mol. The maximum atomic E-state index is 10.7. The van der Waals surface area contributed by atoms with Gasteiger partial charge in [0.05, 0.1) is 0 Å². The highest BCUT2D eigenvalue weighted by molar-refractivity contribution is 5.59. The van der Waals surface area contributed by atoms with Gasteiger partial charge in [0.2, 0.25) is 0 Å². The van der Waals surface area contributed by atoms with Crippen LogP contribution in [0.4, 0.5) is 5.82 Å². The van der Waals surface area contributed by atoms with Crippen LogP contribution < -0.4 is 4.90 Å². The monoisotopic (exact) mass is 389 g/mol. The number of rotatable bonds is 4. The Morgan fingerprint density at radius 2 is 1.83 bits per heavy atom. The molecule has 0 amide bonds. The number of aliphatic hydroxyl groups is 1. The lowest BCUT2D eigenvalue weighted by molar-refractivity contribution is 0.0824. The van der Waals surface area contributed by atoms with E-state index in [0.717, 1.165) is 54.6 Å². The lowest BCUT2D eigenvalue weighted by Crippen LogP contribution is -2.36. The van der Waals surface area contributed by atoms with E-state index in [1.54, 1.807) is 10.7 Å². The van der Waals surface area contributed by atoms with Crippen LogP contribution in [0.15, 0.2) is 54.9 Å². The summed E-state index contributed by atoms with van der Waals surface area (Å²) in [7, 11) is 1.92. The molecular formula is C21H23N7O. The maximum absolute atomic E-state index is 10.7. The molecule has 0 radical (unpaired) electrons. The van der Waals surface area contributed by atoms with Crippen molar-refractivity contribution < 1.29 is 5.11 Å². The van der Waals surface area contributed by atoms with Crippen molar-refractivity contribution in [3.05, 3.63) is 60.7 Å². The number of hydrogen-bond donors (Lipinski definition) is 1. The highest BCUT2D eigenvalue weighted by Crippen LogP contribution is 2.31. The molecule has 1 aliphatic heterocycles. The first kappa shape index (κ1) is 17.8. The molecule has 1 N–H and O–H groups in total. The summed E-state index contributed by atoms with van der Waals surface area (Å²) >= 11 is 0. The molecular weight excluding hydrogens is 366 g/mol. The van der Waals surface area contributed by atoms with Crippen molar-refractivity contribution in [2.45, 2.75) is 18.9 Å². The molecule has 4 aromatic rings. The molecule has 29 heavy (non-hydrogen) atoms. The van der Waals surface area contributed by atoms with Gasteiger partial charge in [0.25, 0.3) is 0 Å². The largest absolute Gasteiger partial charge is 0.385 e. The standard InChI is InChI=1S/C21H23N7O/c1-26-14-11-22-21(26)19(29)15-9-12-27(13-10-15)18-8-7-17-23-24-20(28(17)25-18)16-5-3-2-4-6-16/h2-8,11,14-15,19,29H,9-10,12-13H2,1H3. The van der Waals surface area contributed by atoms with Gasteiger partial charge in [-0.3, -0.25) is 0 Å². The summed E-state index contributed by atoms with van der Waals surface area (Å²) in [5.41, 5.74) is 1.72. The molecule has 5 rings (SSSR count). The minimum Gasteiger partial charge on any atom is -0.385 e. The molecule has 1 atom stereocenters. The fourth-order valence-corrected chi connectivity index (χ4v) is 4.03. The number of aryl methyl sites for hydroxylation is 1. The zero-order valence-corrected chi connectivity index (χ0v) is 16.3. The molecule has 8 nitrogen and oxygen atoms in total. The third-order valence-electron chi connectivity index (χ3n) is 5.71. The van der Waals surface area contributed by atoms with Crippen molar-refractivity contribution in [2.75, 3.05) is 18.0 Å². The van der Waals surface area contributed by atoms with Gasteiger partial charge in [-0.25, -0.2) is 4.98 Å².